The van der Waals surface area contributed by atoms with Crippen molar-refractivity contribution in [3.05, 3.63) is 89.6 Å². The number of amides is 1. The van der Waals surface area contributed by atoms with E-state index in [2.05, 4.69) is 20.6 Å². The number of hydrogen-bond donors (Lipinski definition) is 2. The second kappa shape index (κ2) is 8.01. The molecule has 2 N–H and O–H groups in total. The van der Waals surface area contributed by atoms with E-state index in [1.807, 2.05) is 30.3 Å². The van der Waals surface area contributed by atoms with Crippen LogP contribution in [0.2, 0.25) is 0 Å². The number of halogens is 1. The zero-order valence-corrected chi connectivity index (χ0v) is 13.4. The fourth-order valence-electron chi connectivity index (χ4n) is 2.24. The summed E-state index contributed by atoms with van der Waals surface area (Å²) in [6, 6.07) is 17.4. The molecule has 0 atom stereocenters. The Hall–Kier alpha value is -3.28. The molecule has 1 aromatic heterocycles. The van der Waals surface area contributed by atoms with Crippen molar-refractivity contribution in [2.45, 2.75) is 13.1 Å². The highest BCUT2D eigenvalue weighted by Gasteiger charge is 2.08. The van der Waals surface area contributed by atoms with Crippen LogP contribution in [0.1, 0.15) is 21.6 Å². The van der Waals surface area contributed by atoms with Crippen LogP contribution in [0, 0.1) is 5.82 Å². The number of nitrogens with zero attached hydrogens (tertiary/aromatic N) is 2. The average molecular weight is 336 g/mol. The van der Waals surface area contributed by atoms with Gasteiger partial charge in [0, 0.05) is 19.2 Å². The van der Waals surface area contributed by atoms with Crippen LogP contribution in [0.3, 0.4) is 0 Å². The lowest BCUT2D eigenvalue weighted by molar-refractivity contribution is 0.0946. The monoisotopic (exact) mass is 336 g/mol. The summed E-state index contributed by atoms with van der Waals surface area (Å²) in [6.07, 6.45) is 1.34. The molecule has 3 aromatic rings. The van der Waals surface area contributed by atoms with Crippen LogP contribution in [0.5, 0.6) is 0 Å². The summed E-state index contributed by atoms with van der Waals surface area (Å²) in [4.78, 5) is 20.3. The second-order valence-electron chi connectivity index (χ2n) is 5.44. The number of anilines is 1. The smallest absolute Gasteiger partial charge is 0.270 e. The molecule has 0 saturated carbocycles. The number of aromatic nitrogens is 2. The van der Waals surface area contributed by atoms with E-state index in [0.29, 0.717) is 18.9 Å². The fraction of sp³-hybridized carbons (Fsp3) is 0.105. The summed E-state index contributed by atoms with van der Waals surface area (Å²) < 4.78 is 12.9. The van der Waals surface area contributed by atoms with E-state index in [0.717, 1.165) is 11.1 Å². The van der Waals surface area contributed by atoms with E-state index < -0.39 is 0 Å². The van der Waals surface area contributed by atoms with Gasteiger partial charge < -0.3 is 10.6 Å². The number of benzene rings is 2. The first kappa shape index (κ1) is 16.6. The Morgan fingerprint density at radius 2 is 1.64 bits per heavy atom. The van der Waals surface area contributed by atoms with Crippen molar-refractivity contribution in [1.29, 1.82) is 0 Å². The van der Waals surface area contributed by atoms with Gasteiger partial charge in [0.25, 0.3) is 5.91 Å². The molecule has 25 heavy (non-hydrogen) atoms. The van der Waals surface area contributed by atoms with Gasteiger partial charge in [0.05, 0.1) is 0 Å². The topological polar surface area (TPSA) is 66.9 Å². The Balaban J connectivity index is 1.58. The van der Waals surface area contributed by atoms with Crippen LogP contribution < -0.4 is 10.6 Å². The van der Waals surface area contributed by atoms with Gasteiger partial charge in [-0.3, -0.25) is 4.79 Å². The maximum atomic E-state index is 12.9. The Labute approximate surface area is 145 Å². The lowest BCUT2D eigenvalue weighted by Gasteiger charge is -2.08. The third kappa shape index (κ3) is 4.84. The van der Waals surface area contributed by atoms with Crippen LogP contribution in [-0.2, 0) is 13.1 Å². The van der Waals surface area contributed by atoms with Crippen molar-refractivity contribution in [2.75, 3.05) is 5.32 Å². The molecule has 0 aliphatic rings. The van der Waals surface area contributed by atoms with Crippen molar-refractivity contribution < 1.29 is 9.18 Å². The van der Waals surface area contributed by atoms with Gasteiger partial charge in [0.1, 0.15) is 23.7 Å². The van der Waals surface area contributed by atoms with Crippen LogP contribution >= 0.6 is 0 Å². The Morgan fingerprint density at radius 3 is 2.40 bits per heavy atom. The Morgan fingerprint density at radius 1 is 0.920 bits per heavy atom. The van der Waals surface area contributed by atoms with Crippen LogP contribution in [-0.4, -0.2) is 15.9 Å². The highest BCUT2D eigenvalue weighted by atomic mass is 19.1. The molecular formula is C19H17FN4O. The van der Waals surface area contributed by atoms with Gasteiger partial charge in [-0.2, -0.15) is 0 Å². The predicted molar refractivity (Wildman–Crippen MR) is 93.4 cm³/mol. The molecule has 0 radical (unpaired) electrons. The second-order valence-corrected chi connectivity index (χ2v) is 5.44. The molecule has 0 aliphatic carbocycles. The summed E-state index contributed by atoms with van der Waals surface area (Å²) in [7, 11) is 0. The summed E-state index contributed by atoms with van der Waals surface area (Å²) in [5, 5.41) is 5.92. The van der Waals surface area contributed by atoms with Gasteiger partial charge in [-0.1, -0.05) is 42.5 Å². The molecule has 0 fully saturated rings. The third-order valence-corrected chi connectivity index (χ3v) is 3.58. The normalized spacial score (nSPS) is 10.3. The van der Waals surface area contributed by atoms with Crippen LogP contribution in [0.25, 0.3) is 0 Å². The van der Waals surface area contributed by atoms with E-state index >= 15 is 0 Å². The molecule has 2 aromatic carbocycles. The minimum absolute atomic E-state index is 0.268. The van der Waals surface area contributed by atoms with Crippen molar-refractivity contribution in [2.24, 2.45) is 0 Å². The third-order valence-electron chi connectivity index (χ3n) is 3.58. The zero-order chi connectivity index (χ0) is 17.5. The standard InChI is InChI=1S/C19H17FN4O/c20-16-8-6-15(7-9-16)11-21-18-10-17(23-13-24-18)19(25)22-12-14-4-2-1-3-5-14/h1-10,13H,11-12H2,(H,22,25)(H,21,23,24). The maximum absolute atomic E-state index is 12.9. The highest BCUT2D eigenvalue weighted by Crippen LogP contribution is 2.08. The number of nitrogens with one attached hydrogen (secondary N) is 2. The summed E-state index contributed by atoms with van der Waals surface area (Å²) in [6.45, 7) is 0.907. The molecule has 5 nitrogen and oxygen atoms in total. The van der Waals surface area contributed by atoms with Crippen molar-refractivity contribution in [3.63, 3.8) is 0 Å². The number of rotatable bonds is 6. The van der Waals surface area contributed by atoms with Gasteiger partial charge in [0.15, 0.2) is 0 Å². The largest absolute Gasteiger partial charge is 0.366 e. The van der Waals surface area contributed by atoms with E-state index in [4.69, 9.17) is 0 Å². The van der Waals surface area contributed by atoms with Crippen molar-refractivity contribution in [3.8, 4) is 0 Å². The van der Waals surface area contributed by atoms with Crippen molar-refractivity contribution >= 4 is 11.7 Å². The molecule has 0 aliphatic heterocycles. The van der Waals surface area contributed by atoms with Gasteiger partial charge in [-0.15, -0.1) is 0 Å². The van der Waals surface area contributed by atoms with Gasteiger partial charge >= 0.3 is 0 Å². The summed E-state index contributed by atoms with van der Waals surface area (Å²) in [5.74, 6) is -0.0107. The molecular weight excluding hydrogens is 319 g/mol. The SMILES string of the molecule is O=C(NCc1ccccc1)c1cc(NCc2ccc(F)cc2)ncn1. The van der Waals surface area contributed by atoms with Crippen LogP contribution in [0.4, 0.5) is 10.2 Å². The highest BCUT2D eigenvalue weighted by molar-refractivity contribution is 5.92. The quantitative estimate of drug-likeness (QED) is 0.726. The summed E-state index contributed by atoms with van der Waals surface area (Å²) >= 11 is 0. The Bertz CT molecular complexity index is 838. The van der Waals surface area contributed by atoms with E-state index in [1.165, 1.54) is 18.5 Å². The average Bonchev–Trinajstić information content (AvgIpc) is 2.67. The molecule has 6 heteroatoms. The van der Waals surface area contributed by atoms with Crippen LogP contribution in [0.15, 0.2) is 67.0 Å². The van der Waals surface area contributed by atoms with E-state index in [1.54, 1.807) is 18.2 Å². The molecule has 1 heterocycles. The number of carbonyl (C=O) groups is 1. The van der Waals surface area contributed by atoms with Gasteiger partial charge in [-0.05, 0) is 23.3 Å². The maximum Gasteiger partial charge on any atom is 0.270 e. The molecule has 1 amide bonds. The van der Waals surface area contributed by atoms with Gasteiger partial charge in [0.2, 0.25) is 0 Å². The number of carbonyl (C=O) groups excluding carboxylic acids is 1. The van der Waals surface area contributed by atoms with E-state index in [-0.39, 0.29) is 17.4 Å². The first-order chi connectivity index (χ1) is 12.2. The minimum Gasteiger partial charge on any atom is -0.366 e. The predicted octanol–water partition coefficient (Wildman–Crippen LogP) is 3.16. The first-order valence-electron chi connectivity index (χ1n) is 7.83. The first-order valence-corrected chi connectivity index (χ1v) is 7.83. The molecule has 0 saturated heterocycles. The van der Waals surface area contributed by atoms with Crippen molar-refractivity contribution in [1.82, 2.24) is 15.3 Å². The fourth-order valence-corrected chi connectivity index (χ4v) is 2.24. The lowest BCUT2D eigenvalue weighted by Crippen LogP contribution is -2.24. The lowest BCUT2D eigenvalue weighted by atomic mass is 10.2. The summed E-state index contributed by atoms with van der Waals surface area (Å²) in [5.41, 5.74) is 2.21. The minimum atomic E-state index is -0.275. The van der Waals surface area contributed by atoms with Gasteiger partial charge in [-0.25, -0.2) is 14.4 Å². The molecule has 0 spiro atoms. The molecule has 3 rings (SSSR count). The Kier molecular flexibility index (Phi) is 5.31. The molecule has 0 unspecified atom stereocenters. The van der Waals surface area contributed by atoms with E-state index in [9.17, 15) is 9.18 Å². The zero-order valence-electron chi connectivity index (χ0n) is 13.4. The molecule has 0 bridgehead atoms. The molecule has 126 valence electrons. The number of hydrogen-bond acceptors (Lipinski definition) is 4.